The highest BCUT2D eigenvalue weighted by Gasteiger charge is 2.20. The maximum absolute atomic E-state index is 11.1. The first-order valence-corrected chi connectivity index (χ1v) is 9.99. The smallest absolute Gasteiger partial charge is 0.320 e. The monoisotopic (exact) mass is 483 g/mol. The highest BCUT2D eigenvalue weighted by Crippen LogP contribution is 2.39. The van der Waals surface area contributed by atoms with Gasteiger partial charge in [0.15, 0.2) is 0 Å². The van der Waals surface area contributed by atoms with Crippen LogP contribution in [0.1, 0.15) is 56.2 Å². The van der Waals surface area contributed by atoms with Gasteiger partial charge in [-0.1, -0.05) is 39.8 Å². The molecule has 0 aliphatic heterocycles. The van der Waals surface area contributed by atoms with Crippen LogP contribution in [0.4, 0.5) is 0 Å². The van der Waals surface area contributed by atoms with Crippen LogP contribution in [0.5, 0.6) is 17.2 Å². The normalized spacial score (nSPS) is 12.4. The molecule has 0 radical (unpaired) electrons. The number of aromatic hydroxyl groups is 1. The Labute approximate surface area is 173 Å². The fraction of sp³-hybridized carbons (Fsp3) is 0.381. The second kappa shape index (κ2) is 8.93. The van der Waals surface area contributed by atoms with Crippen molar-refractivity contribution in [2.45, 2.75) is 52.0 Å². The van der Waals surface area contributed by atoms with E-state index in [9.17, 15) is 9.90 Å². The Kier molecular flexibility index (Phi) is 7.11. The number of hydrogen-bond acceptors (Lipinski definition) is 4. The van der Waals surface area contributed by atoms with Gasteiger partial charge in [0.25, 0.3) is 0 Å². The molecule has 0 fully saturated rings. The number of aliphatic carboxylic acids is 1. The summed E-state index contributed by atoms with van der Waals surface area (Å²) in [6.07, 6.45) is 0.270. The van der Waals surface area contributed by atoms with Gasteiger partial charge in [-0.05, 0) is 75.7 Å². The first kappa shape index (κ1) is 21.5. The molecule has 6 heteroatoms. The zero-order chi connectivity index (χ0) is 20.3. The molecule has 27 heavy (non-hydrogen) atoms. The van der Waals surface area contributed by atoms with Gasteiger partial charge in [-0.15, -0.1) is 0 Å². The number of rotatable bonds is 7. The molecule has 0 aliphatic carbocycles. The van der Waals surface area contributed by atoms with E-state index in [0.717, 1.165) is 22.4 Å². The molecule has 2 rings (SSSR count). The van der Waals surface area contributed by atoms with Crippen molar-refractivity contribution in [3.05, 3.63) is 50.6 Å². The van der Waals surface area contributed by atoms with E-state index >= 15 is 0 Å². The Bertz CT molecular complexity index is 804. The summed E-state index contributed by atoms with van der Waals surface area (Å²) in [7, 11) is 0. The average molecular weight is 483 g/mol. The van der Waals surface area contributed by atoms with Crippen molar-refractivity contribution in [2.75, 3.05) is 0 Å². The van der Waals surface area contributed by atoms with Crippen molar-refractivity contribution in [3.63, 3.8) is 0 Å². The van der Waals surface area contributed by atoms with Crippen molar-refractivity contribution in [1.29, 1.82) is 0 Å². The lowest BCUT2D eigenvalue weighted by Gasteiger charge is -2.22. The van der Waals surface area contributed by atoms with Crippen LogP contribution in [0.3, 0.4) is 0 Å². The molecular formula is C21H26INO4. The molecule has 0 aromatic heterocycles. The number of phenolic OH excluding ortho intramolecular Hbond substituents is 1. The lowest BCUT2D eigenvalue weighted by atomic mass is 9.89. The summed E-state index contributed by atoms with van der Waals surface area (Å²) in [4.78, 5) is 11.1. The van der Waals surface area contributed by atoms with Crippen LogP contribution in [0.25, 0.3) is 0 Å². The van der Waals surface area contributed by atoms with Crippen molar-refractivity contribution in [3.8, 4) is 17.2 Å². The fourth-order valence-corrected chi connectivity index (χ4v) is 3.33. The van der Waals surface area contributed by atoms with Gasteiger partial charge in [-0.25, -0.2) is 0 Å². The number of halogens is 1. The second-order valence-corrected chi connectivity index (χ2v) is 8.44. The maximum Gasteiger partial charge on any atom is 0.320 e. The number of phenols is 1. The molecule has 0 amide bonds. The third-order valence-corrected chi connectivity index (χ3v) is 5.23. The van der Waals surface area contributed by atoms with Crippen LogP contribution >= 0.6 is 22.6 Å². The van der Waals surface area contributed by atoms with E-state index in [1.165, 1.54) is 0 Å². The Balaban J connectivity index is 2.53. The number of hydrogen-bond donors (Lipinski definition) is 3. The van der Waals surface area contributed by atoms with Crippen molar-refractivity contribution in [1.82, 2.24) is 0 Å². The Hall–Kier alpha value is -1.80. The minimum atomic E-state index is -1.01. The highest BCUT2D eigenvalue weighted by molar-refractivity contribution is 14.1. The molecule has 0 spiro atoms. The zero-order valence-corrected chi connectivity index (χ0v) is 18.1. The first-order chi connectivity index (χ1) is 12.6. The van der Waals surface area contributed by atoms with Crippen molar-refractivity contribution >= 4 is 28.6 Å². The fourth-order valence-electron chi connectivity index (χ4n) is 2.84. The lowest BCUT2D eigenvalue weighted by molar-refractivity contribution is -0.138. The number of benzene rings is 2. The van der Waals surface area contributed by atoms with Gasteiger partial charge in [-0.3, -0.25) is 4.79 Å². The second-order valence-electron chi connectivity index (χ2n) is 7.28. The van der Waals surface area contributed by atoms with Gasteiger partial charge in [0.1, 0.15) is 23.3 Å². The van der Waals surface area contributed by atoms with Crippen LogP contribution in [-0.4, -0.2) is 22.2 Å². The number of carboxylic acid groups (broad SMARTS) is 1. The van der Waals surface area contributed by atoms with E-state index in [2.05, 4.69) is 50.3 Å². The van der Waals surface area contributed by atoms with Crippen LogP contribution in [0, 0.1) is 3.57 Å². The Morgan fingerprint density at radius 1 is 1.11 bits per heavy atom. The molecule has 2 aromatic rings. The van der Waals surface area contributed by atoms with Gasteiger partial charge >= 0.3 is 5.97 Å². The molecular weight excluding hydrogens is 457 g/mol. The number of carbonyl (C=O) groups is 1. The molecule has 5 nitrogen and oxygen atoms in total. The third kappa shape index (κ3) is 5.35. The van der Waals surface area contributed by atoms with E-state index in [1.807, 2.05) is 12.1 Å². The Morgan fingerprint density at radius 2 is 1.67 bits per heavy atom. The van der Waals surface area contributed by atoms with Crippen LogP contribution in [0.2, 0.25) is 0 Å². The summed E-state index contributed by atoms with van der Waals surface area (Å²) < 4.78 is 6.96. The topological polar surface area (TPSA) is 92.8 Å². The van der Waals surface area contributed by atoms with Gasteiger partial charge in [0, 0.05) is 0 Å². The van der Waals surface area contributed by atoms with Gasteiger partial charge in [0.2, 0.25) is 0 Å². The van der Waals surface area contributed by atoms with E-state index in [0.29, 0.717) is 9.32 Å². The van der Waals surface area contributed by atoms with Crippen LogP contribution in [-0.2, 0) is 11.2 Å². The molecule has 146 valence electrons. The summed E-state index contributed by atoms with van der Waals surface area (Å²) >= 11 is 2.06. The van der Waals surface area contributed by atoms with E-state index < -0.39 is 12.0 Å². The molecule has 0 unspecified atom stereocenters. The number of nitrogens with two attached hydrogens (primary N) is 1. The number of ether oxygens (including phenoxy) is 1. The molecule has 0 bridgehead atoms. The van der Waals surface area contributed by atoms with Gasteiger partial charge in [0.05, 0.1) is 3.57 Å². The molecule has 4 N–H and O–H groups in total. The molecule has 0 saturated carbocycles. The molecule has 0 aliphatic rings. The van der Waals surface area contributed by atoms with Crippen molar-refractivity contribution < 1.29 is 19.7 Å². The summed E-state index contributed by atoms with van der Waals surface area (Å²) in [6, 6.07) is 8.18. The zero-order valence-electron chi connectivity index (χ0n) is 16.0. The lowest BCUT2D eigenvalue weighted by Crippen LogP contribution is -2.32. The SMILES string of the molecule is CC(C)c1cc(C[C@H](N)C(=O)O)cc(C(C)C)c1Oc1ccc(O)c(I)c1. The van der Waals surface area contributed by atoms with Gasteiger partial charge in [-0.2, -0.15) is 0 Å². The summed E-state index contributed by atoms with van der Waals surface area (Å²) in [5, 5.41) is 18.9. The molecule has 0 saturated heterocycles. The van der Waals surface area contributed by atoms with Gasteiger partial charge < -0.3 is 20.7 Å². The first-order valence-electron chi connectivity index (χ1n) is 8.91. The molecule has 2 aromatic carbocycles. The highest BCUT2D eigenvalue weighted by atomic mass is 127. The largest absolute Gasteiger partial charge is 0.507 e. The Morgan fingerprint density at radius 3 is 2.11 bits per heavy atom. The molecule has 0 heterocycles. The van der Waals surface area contributed by atoms with Crippen LogP contribution < -0.4 is 10.5 Å². The minimum absolute atomic E-state index is 0.190. The predicted molar refractivity (Wildman–Crippen MR) is 115 cm³/mol. The summed E-state index contributed by atoms with van der Waals surface area (Å²) in [6.45, 7) is 8.31. The number of carboxylic acids is 1. The minimum Gasteiger partial charge on any atom is -0.507 e. The average Bonchev–Trinajstić information content (AvgIpc) is 2.58. The standard InChI is InChI=1S/C21H26INO4/c1-11(2)15-7-13(9-18(23)21(25)26)8-16(12(3)4)20(15)27-14-5-6-19(24)17(22)10-14/h5-8,10-12,18,24H,9,23H2,1-4H3,(H,25,26)/t18-/m0/s1. The molecule has 1 atom stereocenters. The van der Waals surface area contributed by atoms with Crippen LogP contribution in [0.15, 0.2) is 30.3 Å². The summed E-state index contributed by atoms with van der Waals surface area (Å²) in [5.74, 6) is 1.02. The van der Waals surface area contributed by atoms with Crippen molar-refractivity contribution in [2.24, 2.45) is 5.73 Å². The summed E-state index contributed by atoms with van der Waals surface area (Å²) in [5.41, 5.74) is 8.65. The maximum atomic E-state index is 11.1. The quantitative estimate of drug-likeness (QED) is 0.483. The predicted octanol–water partition coefficient (Wildman–Crippen LogP) is 4.99. The third-order valence-electron chi connectivity index (χ3n) is 4.36. The van der Waals surface area contributed by atoms with E-state index in [4.69, 9.17) is 15.6 Å². The van der Waals surface area contributed by atoms with E-state index in [1.54, 1.807) is 18.2 Å². The van der Waals surface area contributed by atoms with E-state index in [-0.39, 0.29) is 24.0 Å².